The summed E-state index contributed by atoms with van der Waals surface area (Å²) in [6.45, 7) is 2.85. The van der Waals surface area contributed by atoms with E-state index in [0.29, 0.717) is 0 Å². The third kappa shape index (κ3) is 1.68. The molecule has 0 amide bonds. The fourth-order valence-corrected chi connectivity index (χ4v) is 1.46. The van der Waals surface area contributed by atoms with Crippen LogP contribution in [0.5, 0.6) is 0 Å². The molecular weight excluding hydrogens is 194 g/mol. The molecule has 0 bridgehead atoms. The van der Waals surface area contributed by atoms with Gasteiger partial charge in [0.15, 0.2) is 5.65 Å². The molecule has 0 aromatic carbocycles. The Morgan fingerprint density at radius 3 is 3.00 bits per heavy atom. The van der Waals surface area contributed by atoms with E-state index < -0.39 is 5.97 Å². The topological polar surface area (TPSA) is 68.0 Å². The molecule has 0 saturated carbocycles. The molecule has 0 aliphatic rings. The molecule has 5 nitrogen and oxygen atoms in total. The van der Waals surface area contributed by atoms with Gasteiger partial charge in [-0.1, -0.05) is 6.92 Å². The van der Waals surface area contributed by atoms with Crippen LogP contribution in [0.1, 0.15) is 23.7 Å². The summed E-state index contributed by atoms with van der Waals surface area (Å²) in [4.78, 5) is 14.8. The maximum Gasteiger partial charge on any atom is 0.337 e. The molecule has 0 spiro atoms. The van der Waals surface area contributed by atoms with Crippen LogP contribution < -0.4 is 0 Å². The van der Waals surface area contributed by atoms with Crippen molar-refractivity contribution in [2.24, 2.45) is 0 Å². The minimum atomic E-state index is -0.965. The third-order valence-corrected chi connectivity index (χ3v) is 2.16. The van der Waals surface area contributed by atoms with E-state index in [1.165, 1.54) is 6.20 Å². The molecule has 2 rings (SSSR count). The number of fused-ring (bicyclic) bond motifs is 1. The molecule has 78 valence electrons. The molecular formula is C10H11N3O2. The summed E-state index contributed by atoms with van der Waals surface area (Å²) in [6.07, 6.45) is 3.97. The number of aromatic nitrogens is 3. The van der Waals surface area contributed by atoms with E-state index in [0.717, 1.165) is 24.0 Å². The lowest BCUT2D eigenvalue weighted by atomic mass is 10.2. The Balaban J connectivity index is 2.51. The first-order valence-corrected chi connectivity index (χ1v) is 4.77. The molecule has 0 saturated heterocycles. The number of aromatic carboxylic acids is 1. The van der Waals surface area contributed by atoms with E-state index in [4.69, 9.17) is 5.11 Å². The summed E-state index contributed by atoms with van der Waals surface area (Å²) < 4.78 is 1.78. The van der Waals surface area contributed by atoms with Gasteiger partial charge in [0, 0.05) is 18.1 Å². The second-order valence-corrected chi connectivity index (χ2v) is 3.31. The highest BCUT2D eigenvalue weighted by atomic mass is 16.4. The van der Waals surface area contributed by atoms with Gasteiger partial charge in [-0.05, 0) is 12.5 Å². The smallest absolute Gasteiger partial charge is 0.337 e. The second kappa shape index (κ2) is 3.68. The molecule has 15 heavy (non-hydrogen) atoms. The Bertz CT molecular complexity index is 504. The van der Waals surface area contributed by atoms with Crippen molar-refractivity contribution in [3.05, 3.63) is 24.0 Å². The highest BCUT2D eigenvalue weighted by Gasteiger charge is 2.08. The Kier molecular flexibility index (Phi) is 2.37. The molecule has 0 unspecified atom stereocenters. The first kappa shape index (κ1) is 9.64. The summed E-state index contributed by atoms with van der Waals surface area (Å²) in [5.41, 5.74) is 0.931. The number of nitrogens with zero attached hydrogens (tertiary/aromatic N) is 3. The predicted molar refractivity (Wildman–Crippen MR) is 54.8 cm³/mol. The van der Waals surface area contributed by atoms with Crippen molar-refractivity contribution in [3.63, 3.8) is 0 Å². The zero-order chi connectivity index (χ0) is 10.8. The first-order chi connectivity index (χ1) is 7.22. The van der Waals surface area contributed by atoms with Crippen LogP contribution in [0, 0.1) is 0 Å². The summed E-state index contributed by atoms with van der Waals surface area (Å²) in [5, 5.41) is 13.7. The van der Waals surface area contributed by atoms with Gasteiger partial charge < -0.3 is 5.11 Å². The molecule has 0 radical (unpaired) electrons. The zero-order valence-corrected chi connectivity index (χ0v) is 8.34. The highest BCUT2D eigenvalue weighted by Crippen LogP contribution is 2.13. The van der Waals surface area contributed by atoms with Gasteiger partial charge in [-0.2, -0.15) is 5.10 Å². The second-order valence-electron chi connectivity index (χ2n) is 3.31. The maximum absolute atomic E-state index is 10.7. The van der Waals surface area contributed by atoms with Gasteiger partial charge in [0.2, 0.25) is 0 Å². The summed E-state index contributed by atoms with van der Waals surface area (Å²) in [5.74, 6) is -0.965. The average Bonchev–Trinajstić information content (AvgIpc) is 2.61. The van der Waals surface area contributed by atoms with Crippen molar-refractivity contribution in [2.75, 3.05) is 0 Å². The van der Waals surface area contributed by atoms with E-state index in [1.807, 2.05) is 0 Å². The number of hydrogen-bond donors (Lipinski definition) is 1. The maximum atomic E-state index is 10.7. The van der Waals surface area contributed by atoms with Gasteiger partial charge in [-0.3, -0.25) is 0 Å². The van der Waals surface area contributed by atoms with Crippen LogP contribution in [0.4, 0.5) is 0 Å². The molecule has 0 aliphatic heterocycles. The number of carboxylic acids is 1. The zero-order valence-electron chi connectivity index (χ0n) is 8.34. The van der Waals surface area contributed by atoms with Gasteiger partial charge in [0.25, 0.3) is 0 Å². The van der Waals surface area contributed by atoms with E-state index in [9.17, 15) is 4.79 Å². The lowest BCUT2D eigenvalue weighted by Crippen LogP contribution is -2.01. The van der Waals surface area contributed by atoms with E-state index in [-0.39, 0.29) is 5.56 Å². The Hall–Kier alpha value is -1.91. The summed E-state index contributed by atoms with van der Waals surface area (Å²) in [7, 11) is 0. The number of rotatable bonds is 3. The molecule has 2 heterocycles. The molecule has 2 aromatic rings. The lowest BCUT2D eigenvalue weighted by Gasteiger charge is -1.99. The van der Waals surface area contributed by atoms with Crippen LogP contribution in [0.3, 0.4) is 0 Å². The van der Waals surface area contributed by atoms with Crippen LogP contribution in [-0.2, 0) is 6.54 Å². The fourth-order valence-electron chi connectivity index (χ4n) is 1.46. The van der Waals surface area contributed by atoms with Gasteiger partial charge in [0.05, 0.1) is 11.8 Å². The standard InChI is InChI=1S/C10H11N3O2/c1-2-3-13-9-7(6-12-13)4-8(5-11-9)10(14)15/h4-6H,2-3H2,1H3,(H,14,15). The summed E-state index contributed by atoms with van der Waals surface area (Å²) in [6, 6.07) is 1.59. The van der Waals surface area contributed by atoms with Crippen molar-refractivity contribution in [2.45, 2.75) is 19.9 Å². The number of carbonyl (C=O) groups is 1. The Morgan fingerprint density at radius 1 is 1.53 bits per heavy atom. The molecule has 2 aromatic heterocycles. The summed E-state index contributed by atoms with van der Waals surface area (Å²) >= 11 is 0. The quantitative estimate of drug-likeness (QED) is 0.825. The molecule has 0 atom stereocenters. The normalized spacial score (nSPS) is 10.7. The minimum Gasteiger partial charge on any atom is -0.478 e. The predicted octanol–water partition coefficient (Wildman–Crippen LogP) is 1.54. The third-order valence-electron chi connectivity index (χ3n) is 2.16. The van der Waals surface area contributed by atoms with Crippen molar-refractivity contribution < 1.29 is 9.90 Å². The first-order valence-electron chi connectivity index (χ1n) is 4.77. The van der Waals surface area contributed by atoms with E-state index >= 15 is 0 Å². The van der Waals surface area contributed by atoms with Gasteiger partial charge >= 0.3 is 5.97 Å². The van der Waals surface area contributed by atoms with Crippen molar-refractivity contribution >= 4 is 17.0 Å². The SMILES string of the molecule is CCCn1ncc2cc(C(=O)O)cnc21. The van der Waals surface area contributed by atoms with Crippen LogP contribution in [0.25, 0.3) is 11.0 Å². The van der Waals surface area contributed by atoms with Crippen molar-refractivity contribution in [1.29, 1.82) is 0 Å². The van der Waals surface area contributed by atoms with Crippen LogP contribution in [0.15, 0.2) is 18.5 Å². The average molecular weight is 205 g/mol. The van der Waals surface area contributed by atoms with E-state index in [1.54, 1.807) is 16.9 Å². The molecule has 0 fully saturated rings. The van der Waals surface area contributed by atoms with Gasteiger partial charge in [0.1, 0.15) is 0 Å². The van der Waals surface area contributed by atoms with Crippen LogP contribution >= 0.6 is 0 Å². The van der Waals surface area contributed by atoms with Crippen molar-refractivity contribution in [3.8, 4) is 0 Å². The molecule has 0 aliphatic carbocycles. The monoisotopic (exact) mass is 205 g/mol. The van der Waals surface area contributed by atoms with Crippen molar-refractivity contribution in [1.82, 2.24) is 14.8 Å². The van der Waals surface area contributed by atoms with Gasteiger partial charge in [-0.15, -0.1) is 0 Å². The van der Waals surface area contributed by atoms with Crippen LogP contribution in [-0.4, -0.2) is 25.8 Å². The number of hydrogen-bond acceptors (Lipinski definition) is 3. The van der Waals surface area contributed by atoms with Gasteiger partial charge in [-0.25, -0.2) is 14.5 Å². The molecule has 5 heteroatoms. The number of aryl methyl sites for hydroxylation is 1. The van der Waals surface area contributed by atoms with E-state index in [2.05, 4.69) is 17.0 Å². The fraction of sp³-hybridized carbons (Fsp3) is 0.300. The number of carboxylic acid groups (broad SMARTS) is 1. The lowest BCUT2D eigenvalue weighted by molar-refractivity contribution is 0.0696. The number of pyridine rings is 1. The largest absolute Gasteiger partial charge is 0.478 e. The van der Waals surface area contributed by atoms with Crippen LogP contribution in [0.2, 0.25) is 0 Å². The minimum absolute atomic E-state index is 0.193. The Morgan fingerprint density at radius 2 is 2.33 bits per heavy atom. The highest BCUT2D eigenvalue weighted by molar-refractivity contribution is 5.91. The molecule has 1 N–H and O–H groups in total. The Labute approximate surface area is 86.4 Å².